The smallest absolute Gasteiger partial charge is 0.409 e. The van der Waals surface area contributed by atoms with Crippen molar-refractivity contribution in [1.29, 1.82) is 0 Å². The zero-order chi connectivity index (χ0) is 10.7. The third-order valence-corrected chi connectivity index (χ3v) is 3.61. The van der Waals surface area contributed by atoms with E-state index in [0.717, 1.165) is 6.42 Å². The summed E-state index contributed by atoms with van der Waals surface area (Å²) < 4.78 is 4.84. The molecule has 0 aromatic heterocycles. The predicted molar refractivity (Wildman–Crippen MR) is 62.0 cm³/mol. The molecule has 1 aliphatic rings. The Morgan fingerprint density at radius 2 is 2.27 bits per heavy atom. The molecule has 1 aromatic rings. The highest BCUT2D eigenvalue weighted by Gasteiger charge is 2.10. The average molecular weight is 243 g/mol. The number of hydrogen-bond donors (Lipinski definition) is 0. The molecule has 2 rings (SSSR count). The molecular formula is C11H11ClO2S. The average Bonchev–Trinajstić information content (AvgIpc) is 2.41. The second-order valence-corrected chi connectivity index (χ2v) is 4.86. The molecule has 15 heavy (non-hydrogen) atoms. The van der Waals surface area contributed by atoms with Crippen molar-refractivity contribution in [2.75, 3.05) is 5.75 Å². The van der Waals surface area contributed by atoms with E-state index in [-0.39, 0.29) is 0 Å². The van der Waals surface area contributed by atoms with Gasteiger partial charge in [0.15, 0.2) is 0 Å². The number of ether oxygens (including phenoxy) is 1. The molecule has 1 aliphatic heterocycles. The number of fused-ring (bicyclic) bond motifs is 1. The van der Waals surface area contributed by atoms with Gasteiger partial charge in [-0.15, -0.1) is 11.8 Å². The van der Waals surface area contributed by atoms with E-state index < -0.39 is 5.43 Å². The van der Waals surface area contributed by atoms with Gasteiger partial charge in [0.2, 0.25) is 0 Å². The molecule has 0 amide bonds. The van der Waals surface area contributed by atoms with Gasteiger partial charge in [0.25, 0.3) is 0 Å². The molecule has 1 aromatic carbocycles. The van der Waals surface area contributed by atoms with E-state index in [1.165, 1.54) is 29.1 Å². The summed E-state index contributed by atoms with van der Waals surface area (Å²) in [4.78, 5) is 11.9. The van der Waals surface area contributed by atoms with Crippen LogP contribution in [0.1, 0.15) is 18.4 Å². The predicted octanol–water partition coefficient (Wildman–Crippen LogP) is 3.85. The highest BCUT2D eigenvalue weighted by Crippen LogP contribution is 2.31. The van der Waals surface area contributed by atoms with E-state index in [2.05, 4.69) is 0 Å². The fourth-order valence-corrected chi connectivity index (χ4v) is 2.82. The first-order chi connectivity index (χ1) is 7.25. The first-order valence-electron chi connectivity index (χ1n) is 4.89. The van der Waals surface area contributed by atoms with Crippen LogP contribution < -0.4 is 4.74 Å². The summed E-state index contributed by atoms with van der Waals surface area (Å²) in [5.41, 5.74) is 0.476. The minimum Gasteiger partial charge on any atom is -0.414 e. The van der Waals surface area contributed by atoms with Gasteiger partial charge in [-0.25, -0.2) is 4.79 Å². The quantitative estimate of drug-likeness (QED) is 0.700. The van der Waals surface area contributed by atoms with Gasteiger partial charge in [0.05, 0.1) is 0 Å². The zero-order valence-corrected chi connectivity index (χ0v) is 9.74. The molecule has 4 heteroatoms. The molecule has 0 spiro atoms. The van der Waals surface area contributed by atoms with Gasteiger partial charge in [-0.1, -0.05) is 0 Å². The van der Waals surface area contributed by atoms with Gasteiger partial charge in [0, 0.05) is 16.5 Å². The maximum Gasteiger partial charge on any atom is 0.409 e. The highest BCUT2D eigenvalue weighted by atomic mass is 35.5. The fraction of sp³-hybridized carbons (Fsp3) is 0.364. The molecule has 1 heterocycles. The third-order valence-electron chi connectivity index (χ3n) is 2.33. The first-order valence-corrected chi connectivity index (χ1v) is 6.25. The van der Waals surface area contributed by atoms with E-state index in [1.807, 2.05) is 23.9 Å². The summed E-state index contributed by atoms with van der Waals surface area (Å²) in [5.74, 6) is 1.71. The number of hydrogen-bond acceptors (Lipinski definition) is 3. The van der Waals surface area contributed by atoms with Gasteiger partial charge in [0.1, 0.15) is 5.75 Å². The summed E-state index contributed by atoms with van der Waals surface area (Å²) in [5, 5.41) is 0. The Bertz CT molecular complexity index is 379. The molecular weight excluding hydrogens is 232 g/mol. The summed E-state index contributed by atoms with van der Waals surface area (Å²) in [6.07, 6.45) is 3.48. The van der Waals surface area contributed by atoms with Gasteiger partial charge in [-0.2, -0.15) is 0 Å². The SMILES string of the molecule is O=C(Cl)Oc1ccc2c(c1)CCCCS2. The highest BCUT2D eigenvalue weighted by molar-refractivity contribution is 7.99. The lowest BCUT2D eigenvalue weighted by molar-refractivity contribution is 0.225. The molecule has 0 aliphatic carbocycles. The second-order valence-electron chi connectivity index (χ2n) is 3.41. The van der Waals surface area contributed by atoms with Crippen LogP contribution in [-0.2, 0) is 6.42 Å². The van der Waals surface area contributed by atoms with Crippen molar-refractivity contribution >= 4 is 28.8 Å². The Kier molecular flexibility index (Phi) is 3.54. The number of carbonyl (C=O) groups is 1. The van der Waals surface area contributed by atoms with Crippen LogP contribution in [0.2, 0.25) is 0 Å². The summed E-state index contributed by atoms with van der Waals surface area (Å²) in [7, 11) is 0. The number of halogens is 1. The monoisotopic (exact) mass is 242 g/mol. The van der Waals surface area contributed by atoms with Gasteiger partial charge in [-0.3, -0.25) is 0 Å². The lowest BCUT2D eigenvalue weighted by Gasteiger charge is -2.06. The van der Waals surface area contributed by atoms with Crippen LogP contribution in [0.4, 0.5) is 4.79 Å². The van der Waals surface area contributed by atoms with Crippen molar-refractivity contribution in [3.63, 3.8) is 0 Å². The van der Waals surface area contributed by atoms with E-state index >= 15 is 0 Å². The summed E-state index contributed by atoms with van der Waals surface area (Å²) >= 11 is 7.03. The van der Waals surface area contributed by atoms with Crippen LogP contribution in [0.25, 0.3) is 0 Å². The molecule has 0 N–H and O–H groups in total. The van der Waals surface area contributed by atoms with Gasteiger partial charge in [-0.05, 0) is 48.8 Å². The van der Waals surface area contributed by atoms with Crippen molar-refractivity contribution in [3.05, 3.63) is 23.8 Å². The molecule has 0 atom stereocenters. The van der Waals surface area contributed by atoms with Crippen LogP contribution in [0.15, 0.2) is 23.1 Å². The number of thioether (sulfide) groups is 1. The maximum atomic E-state index is 10.6. The van der Waals surface area contributed by atoms with Crippen molar-refractivity contribution in [2.45, 2.75) is 24.2 Å². The van der Waals surface area contributed by atoms with E-state index in [0.29, 0.717) is 5.75 Å². The standard InChI is InChI=1S/C11H11ClO2S/c12-11(13)14-9-4-5-10-8(7-9)3-1-2-6-15-10/h4-5,7H,1-3,6H2. The summed E-state index contributed by atoms with van der Waals surface area (Å²) in [6.45, 7) is 0. The molecule has 2 nitrogen and oxygen atoms in total. The lowest BCUT2D eigenvalue weighted by Crippen LogP contribution is -1.97. The van der Waals surface area contributed by atoms with Crippen LogP contribution in [0.3, 0.4) is 0 Å². The van der Waals surface area contributed by atoms with E-state index in [9.17, 15) is 4.79 Å². The Labute approximate surface area is 98.0 Å². The number of aryl methyl sites for hydroxylation is 1. The largest absolute Gasteiger partial charge is 0.414 e. The van der Waals surface area contributed by atoms with Crippen LogP contribution >= 0.6 is 23.4 Å². The van der Waals surface area contributed by atoms with Crippen LogP contribution in [0.5, 0.6) is 5.75 Å². The number of rotatable bonds is 1. The van der Waals surface area contributed by atoms with Crippen molar-refractivity contribution < 1.29 is 9.53 Å². The van der Waals surface area contributed by atoms with Crippen molar-refractivity contribution in [3.8, 4) is 5.75 Å². The Balaban J connectivity index is 2.23. The fourth-order valence-electron chi connectivity index (χ4n) is 1.65. The molecule has 80 valence electrons. The first kappa shape index (κ1) is 10.8. The summed E-state index contributed by atoms with van der Waals surface area (Å²) in [6, 6.07) is 5.70. The zero-order valence-electron chi connectivity index (χ0n) is 8.16. The number of benzene rings is 1. The molecule has 0 saturated carbocycles. The van der Waals surface area contributed by atoms with E-state index in [1.54, 1.807) is 6.07 Å². The minimum absolute atomic E-state index is 0.538. The van der Waals surface area contributed by atoms with Crippen LogP contribution in [0, 0.1) is 0 Å². The van der Waals surface area contributed by atoms with Gasteiger partial charge >= 0.3 is 5.43 Å². The topological polar surface area (TPSA) is 26.3 Å². The maximum absolute atomic E-state index is 10.6. The number of carbonyl (C=O) groups excluding carboxylic acids is 1. The third kappa shape index (κ3) is 2.89. The van der Waals surface area contributed by atoms with E-state index in [4.69, 9.17) is 16.3 Å². The van der Waals surface area contributed by atoms with Crippen molar-refractivity contribution in [1.82, 2.24) is 0 Å². The van der Waals surface area contributed by atoms with Gasteiger partial charge < -0.3 is 4.74 Å². The molecule has 0 unspecified atom stereocenters. The molecule has 0 saturated heterocycles. The van der Waals surface area contributed by atoms with Crippen molar-refractivity contribution in [2.24, 2.45) is 0 Å². The Morgan fingerprint density at radius 1 is 1.40 bits per heavy atom. The molecule has 0 fully saturated rings. The lowest BCUT2D eigenvalue weighted by atomic mass is 10.1. The molecule has 0 radical (unpaired) electrons. The second kappa shape index (κ2) is 4.90. The molecule has 0 bridgehead atoms. The normalized spacial score (nSPS) is 15.3. The minimum atomic E-state index is -0.781. The Morgan fingerprint density at radius 3 is 3.07 bits per heavy atom. The van der Waals surface area contributed by atoms with Crippen LogP contribution in [-0.4, -0.2) is 11.2 Å². The Hall–Kier alpha value is -0.670.